The van der Waals surface area contributed by atoms with Gasteiger partial charge in [-0.05, 0) is 12.8 Å². The molecule has 0 bridgehead atoms. The van der Waals surface area contributed by atoms with Crippen LogP contribution in [0.1, 0.15) is 30.3 Å². The molecular formula is C14H16F3N3O4S. The second-order valence-electron chi connectivity index (χ2n) is 5.51. The molecule has 0 saturated carbocycles. The van der Waals surface area contributed by atoms with Gasteiger partial charge in [-0.2, -0.15) is 13.2 Å². The third-order valence-corrected chi connectivity index (χ3v) is 4.34. The summed E-state index contributed by atoms with van der Waals surface area (Å²) in [6.07, 6.45) is -5.00. The van der Waals surface area contributed by atoms with Crippen molar-refractivity contribution in [3.63, 3.8) is 0 Å². The average molecular weight is 379 g/mol. The fraction of sp³-hybridized carbons (Fsp3) is 0.571. The van der Waals surface area contributed by atoms with Crippen LogP contribution in [0.4, 0.5) is 23.1 Å². The van der Waals surface area contributed by atoms with E-state index in [9.17, 15) is 27.6 Å². The van der Waals surface area contributed by atoms with Gasteiger partial charge in [-0.15, -0.1) is 11.3 Å². The van der Waals surface area contributed by atoms with Gasteiger partial charge >= 0.3 is 12.3 Å². The van der Waals surface area contributed by atoms with Gasteiger partial charge < -0.3 is 15.0 Å². The van der Waals surface area contributed by atoms with E-state index in [0.29, 0.717) is 18.0 Å². The maximum absolute atomic E-state index is 12.2. The van der Waals surface area contributed by atoms with Crippen LogP contribution in [0, 0.1) is 5.92 Å². The van der Waals surface area contributed by atoms with Crippen LogP contribution in [-0.4, -0.2) is 53.5 Å². The highest BCUT2D eigenvalue weighted by molar-refractivity contribution is 7.14. The number of anilines is 1. The number of amides is 2. The Morgan fingerprint density at radius 2 is 2.00 bits per heavy atom. The molecule has 1 fully saturated rings. The number of ketones is 1. The number of carbonyl (C=O) groups excluding carboxylic acids is 3. The van der Waals surface area contributed by atoms with E-state index >= 15 is 0 Å². The smallest absolute Gasteiger partial charge is 0.422 e. The molecule has 1 saturated heterocycles. The molecule has 0 spiro atoms. The minimum atomic E-state index is -4.57. The summed E-state index contributed by atoms with van der Waals surface area (Å²) in [5, 5.41) is 4.46. The summed E-state index contributed by atoms with van der Waals surface area (Å²) in [6, 6.07) is 0. The summed E-state index contributed by atoms with van der Waals surface area (Å²) in [6.45, 7) is -0.000291. The molecule has 25 heavy (non-hydrogen) atoms. The highest BCUT2D eigenvalue weighted by atomic mass is 32.1. The van der Waals surface area contributed by atoms with Gasteiger partial charge in [0.15, 0.2) is 17.5 Å². The molecule has 1 aromatic heterocycles. The number of ether oxygens (including phenoxy) is 1. The van der Waals surface area contributed by atoms with Gasteiger partial charge in [0, 0.05) is 31.3 Å². The second-order valence-corrected chi connectivity index (χ2v) is 6.37. The summed E-state index contributed by atoms with van der Waals surface area (Å²) in [7, 11) is 0. The number of alkyl halides is 3. The van der Waals surface area contributed by atoms with Crippen molar-refractivity contribution in [1.29, 1.82) is 0 Å². The molecule has 0 aliphatic carbocycles. The summed E-state index contributed by atoms with van der Waals surface area (Å²) in [5.41, 5.74) is 0.266. The number of nitrogens with zero attached hydrogens (tertiary/aromatic N) is 2. The number of hydrogen-bond acceptors (Lipinski definition) is 6. The molecule has 11 heteroatoms. The number of likely N-dealkylation sites (tertiary alicyclic amines) is 1. The molecule has 7 nitrogen and oxygen atoms in total. The van der Waals surface area contributed by atoms with Gasteiger partial charge in [-0.1, -0.05) is 0 Å². The summed E-state index contributed by atoms with van der Waals surface area (Å²) in [4.78, 5) is 40.0. The van der Waals surface area contributed by atoms with E-state index in [1.54, 1.807) is 0 Å². The van der Waals surface area contributed by atoms with Gasteiger partial charge in [-0.25, -0.2) is 9.78 Å². The number of thiazole rings is 1. The molecule has 1 aliphatic rings. The van der Waals surface area contributed by atoms with Crippen molar-refractivity contribution in [2.24, 2.45) is 5.92 Å². The fourth-order valence-electron chi connectivity index (χ4n) is 2.26. The van der Waals surface area contributed by atoms with Gasteiger partial charge in [0.25, 0.3) is 0 Å². The zero-order chi connectivity index (χ0) is 18.6. The van der Waals surface area contributed by atoms with Crippen molar-refractivity contribution in [3.8, 4) is 0 Å². The minimum Gasteiger partial charge on any atom is -0.440 e. The largest absolute Gasteiger partial charge is 0.440 e. The van der Waals surface area contributed by atoms with E-state index in [-0.39, 0.29) is 30.5 Å². The lowest BCUT2D eigenvalue weighted by Crippen LogP contribution is -2.42. The molecule has 1 aromatic rings. The van der Waals surface area contributed by atoms with Crippen LogP contribution < -0.4 is 5.32 Å². The van der Waals surface area contributed by atoms with Crippen LogP contribution >= 0.6 is 11.3 Å². The normalized spacial score (nSPS) is 15.8. The number of halogens is 3. The summed E-state index contributed by atoms with van der Waals surface area (Å²) < 4.78 is 40.3. The zero-order valence-corrected chi connectivity index (χ0v) is 14.1. The Kier molecular flexibility index (Phi) is 5.98. The van der Waals surface area contributed by atoms with E-state index in [4.69, 9.17) is 0 Å². The molecule has 2 amide bonds. The van der Waals surface area contributed by atoms with Crippen molar-refractivity contribution in [3.05, 3.63) is 11.1 Å². The van der Waals surface area contributed by atoms with E-state index in [0.717, 1.165) is 16.2 Å². The number of piperidine rings is 1. The van der Waals surface area contributed by atoms with Crippen LogP contribution in [-0.2, 0) is 9.53 Å². The maximum atomic E-state index is 12.2. The lowest BCUT2D eigenvalue weighted by molar-refractivity contribution is -0.162. The molecule has 0 atom stereocenters. The molecule has 1 aliphatic heterocycles. The number of nitrogens with one attached hydrogen (secondary N) is 1. The molecule has 0 aromatic carbocycles. The predicted octanol–water partition coefficient (Wildman–Crippen LogP) is 2.70. The van der Waals surface area contributed by atoms with Crippen LogP contribution in [0.5, 0.6) is 0 Å². The molecular weight excluding hydrogens is 363 g/mol. The van der Waals surface area contributed by atoms with Crippen LogP contribution in [0.2, 0.25) is 0 Å². The van der Waals surface area contributed by atoms with Gasteiger partial charge in [0.05, 0.1) is 0 Å². The van der Waals surface area contributed by atoms with Crippen molar-refractivity contribution in [2.75, 3.05) is 25.0 Å². The topological polar surface area (TPSA) is 88.6 Å². The summed E-state index contributed by atoms with van der Waals surface area (Å²) >= 11 is 1.13. The lowest BCUT2D eigenvalue weighted by Gasteiger charge is -2.30. The molecule has 2 heterocycles. The predicted molar refractivity (Wildman–Crippen MR) is 82.4 cm³/mol. The van der Waals surface area contributed by atoms with Gasteiger partial charge in [0.2, 0.25) is 5.91 Å². The minimum absolute atomic E-state index is 0.130. The highest BCUT2D eigenvalue weighted by Gasteiger charge is 2.33. The van der Waals surface area contributed by atoms with Crippen LogP contribution in [0.3, 0.4) is 0 Å². The van der Waals surface area contributed by atoms with Crippen LogP contribution in [0.15, 0.2) is 5.38 Å². The molecule has 2 rings (SSSR count). The standard InChI is InChI=1S/C14H16F3N3O4S/c1-8(21)10-6-25-12(18-10)19-11(22)9-2-4-20(5-3-9)13(23)24-7-14(15,16)17/h6,9H,2-5,7H2,1H3,(H,18,19,22). The fourth-order valence-corrected chi connectivity index (χ4v) is 3.01. The monoisotopic (exact) mass is 379 g/mol. The second kappa shape index (κ2) is 7.81. The number of carbonyl (C=O) groups is 3. The molecule has 138 valence electrons. The zero-order valence-electron chi connectivity index (χ0n) is 13.3. The average Bonchev–Trinajstić information content (AvgIpc) is 3.01. The number of aromatic nitrogens is 1. The first-order valence-electron chi connectivity index (χ1n) is 7.41. The van der Waals surface area contributed by atoms with Crippen LogP contribution in [0.25, 0.3) is 0 Å². The first-order valence-corrected chi connectivity index (χ1v) is 8.29. The Hall–Kier alpha value is -2.17. The molecule has 1 N–H and O–H groups in total. The van der Waals surface area contributed by atoms with E-state index < -0.39 is 24.8 Å². The van der Waals surface area contributed by atoms with E-state index in [1.807, 2.05) is 0 Å². The van der Waals surface area contributed by atoms with E-state index in [1.165, 1.54) is 12.3 Å². The SMILES string of the molecule is CC(=O)c1csc(NC(=O)C2CCN(C(=O)OCC(F)(F)F)CC2)n1. The third kappa shape index (κ3) is 5.69. The third-order valence-electron chi connectivity index (χ3n) is 3.58. The Labute approximate surface area is 145 Å². The van der Waals surface area contributed by atoms with Crippen molar-refractivity contribution in [2.45, 2.75) is 25.9 Å². The van der Waals surface area contributed by atoms with Crippen molar-refractivity contribution >= 4 is 34.3 Å². The number of rotatable bonds is 4. The number of hydrogen-bond donors (Lipinski definition) is 1. The molecule has 0 unspecified atom stereocenters. The van der Waals surface area contributed by atoms with Gasteiger partial charge in [-0.3, -0.25) is 9.59 Å². The number of Topliss-reactive ketones (excluding diaryl/α,β-unsaturated/α-hetero) is 1. The quantitative estimate of drug-likeness (QED) is 0.813. The Bertz CT molecular complexity index is 654. The molecule has 0 radical (unpaired) electrons. The van der Waals surface area contributed by atoms with Crippen molar-refractivity contribution < 1.29 is 32.3 Å². The highest BCUT2D eigenvalue weighted by Crippen LogP contribution is 2.22. The Balaban J connectivity index is 1.79. The maximum Gasteiger partial charge on any atom is 0.422 e. The lowest BCUT2D eigenvalue weighted by atomic mass is 9.96. The first kappa shape index (κ1) is 19.2. The van der Waals surface area contributed by atoms with Gasteiger partial charge in [0.1, 0.15) is 5.69 Å². The van der Waals surface area contributed by atoms with E-state index in [2.05, 4.69) is 15.0 Å². The van der Waals surface area contributed by atoms with Crippen molar-refractivity contribution in [1.82, 2.24) is 9.88 Å². The Morgan fingerprint density at radius 3 is 2.52 bits per heavy atom. The summed E-state index contributed by atoms with van der Waals surface area (Å²) in [5.74, 6) is -0.897. The Morgan fingerprint density at radius 1 is 1.36 bits per heavy atom. The first-order chi connectivity index (χ1) is 11.7.